The van der Waals surface area contributed by atoms with Gasteiger partial charge in [0.15, 0.2) is 0 Å². The third kappa shape index (κ3) is 3.31. The highest BCUT2D eigenvalue weighted by Crippen LogP contribution is 2.32. The number of piperidine rings is 1. The van der Waals surface area contributed by atoms with Crippen molar-refractivity contribution in [2.24, 2.45) is 0 Å². The van der Waals surface area contributed by atoms with Crippen molar-refractivity contribution in [1.29, 1.82) is 0 Å². The maximum absolute atomic E-state index is 12.9. The van der Waals surface area contributed by atoms with E-state index in [2.05, 4.69) is 58.5 Å². The minimum atomic E-state index is -0.738. The molecule has 2 heterocycles. The van der Waals surface area contributed by atoms with Gasteiger partial charge in [0.2, 0.25) is 0 Å². The number of carbonyl (C=O) groups excluding carboxylic acids is 1. The number of nitrogens with one attached hydrogen (secondary N) is 2. The molecule has 1 amide bonds. The summed E-state index contributed by atoms with van der Waals surface area (Å²) in [4.78, 5) is 12.9. The van der Waals surface area contributed by atoms with Crippen LogP contribution in [0, 0.1) is 0 Å². The lowest BCUT2D eigenvalue weighted by atomic mass is 9.91. The van der Waals surface area contributed by atoms with Crippen LogP contribution < -0.4 is 10.6 Å². The largest absolute Gasteiger partial charge is 0.368 e. The number of hydrogen-bond donors (Lipinski definition) is 2. The Morgan fingerprint density at radius 1 is 1.15 bits per heavy atom. The summed E-state index contributed by atoms with van der Waals surface area (Å²) >= 11 is 0. The zero-order valence-electron chi connectivity index (χ0n) is 15.7. The van der Waals surface area contributed by atoms with E-state index >= 15 is 0 Å². The first-order valence-electron chi connectivity index (χ1n) is 9.27. The lowest BCUT2D eigenvalue weighted by Gasteiger charge is -2.34. The Morgan fingerprint density at radius 2 is 1.85 bits per heavy atom. The zero-order chi connectivity index (χ0) is 18.1. The number of halogens is 1. The van der Waals surface area contributed by atoms with Crippen LogP contribution in [0.1, 0.15) is 19.8 Å². The van der Waals surface area contributed by atoms with Crippen molar-refractivity contribution in [2.75, 3.05) is 25.5 Å². The van der Waals surface area contributed by atoms with E-state index < -0.39 is 5.60 Å². The van der Waals surface area contributed by atoms with Gasteiger partial charge in [0.25, 0.3) is 5.91 Å². The number of aryl methyl sites for hydroxylation is 1. The predicted molar refractivity (Wildman–Crippen MR) is 113 cm³/mol. The van der Waals surface area contributed by atoms with E-state index in [1.807, 2.05) is 6.07 Å². The second-order valence-corrected chi connectivity index (χ2v) is 6.90. The van der Waals surface area contributed by atoms with Gasteiger partial charge in [-0.2, -0.15) is 0 Å². The Hall–Kier alpha value is -2.08. The van der Waals surface area contributed by atoms with Gasteiger partial charge in [-0.15, -0.1) is 12.4 Å². The molecule has 0 saturated carbocycles. The molecule has 2 aromatic carbocycles. The number of para-hydroxylation sites is 1. The number of methoxy groups -OCH3 is 1. The number of hydrogen-bond acceptors (Lipinski definition) is 3. The number of anilines is 1. The van der Waals surface area contributed by atoms with Crippen LogP contribution in [0.25, 0.3) is 21.8 Å². The van der Waals surface area contributed by atoms with Gasteiger partial charge in [-0.1, -0.05) is 18.2 Å². The molecule has 0 bridgehead atoms. The molecular weight excluding hydrogens is 362 g/mol. The van der Waals surface area contributed by atoms with Gasteiger partial charge in [-0.25, -0.2) is 0 Å². The number of amides is 1. The molecule has 5 nitrogen and oxygen atoms in total. The van der Waals surface area contributed by atoms with E-state index in [-0.39, 0.29) is 18.3 Å². The number of carbonyl (C=O) groups is 1. The van der Waals surface area contributed by atoms with E-state index in [0.717, 1.165) is 30.7 Å². The SMILES string of the molecule is CCn1c2ccccc2c2cc(NC(=O)C3(OC)CCNCC3)ccc21.Cl. The summed E-state index contributed by atoms with van der Waals surface area (Å²) in [7, 11) is 1.63. The summed E-state index contributed by atoms with van der Waals surface area (Å²) in [5, 5.41) is 8.75. The quantitative estimate of drug-likeness (QED) is 0.712. The lowest BCUT2D eigenvalue weighted by molar-refractivity contribution is -0.140. The van der Waals surface area contributed by atoms with Crippen LogP contribution in [-0.2, 0) is 16.1 Å². The highest BCUT2D eigenvalue weighted by Gasteiger charge is 2.39. The summed E-state index contributed by atoms with van der Waals surface area (Å²) in [5.74, 6) is -0.0555. The number of fused-ring (bicyclic) bond motifs is 3. The van der Waals surface area contributed by atoms with Crippen molar-refractivity contribution in [3.63, 3.8) is 0 Å². The molecule has 4 rings (SSSR count). The third-order valence-corrected chi connectivity index (χ3v) is 5.56. The van der Waals surface area contributed by atoms with Gasteiger partial charge < -0.3 is 19.9 Å². The molecule has 0 radical (unpaired) electrons. The first kappa shape index (κ1) is 19.7. The molecule has 0 unspecified atom stereocenters. The smallest absolute Gasteiger partial charge is 0.256 e. The van der Waals surface area contributed by atoms with Gasteiger partial charge in [-0.3, -0.25) is 4.79 Å². The Morgan fingerprint density at radius 3 is 2.56 bits per heavy atom. The monoisotopic (exact) mass is 387 g/mol. The molecule has 1 aliphatic rings. The Bertz CT molecular complexity index is 961. The van der Waals surface area contributed by atoms with Crippen molar-refractivity contribution in [3.8, 4) is 0 Å². The average molecular weight is 388 g/mol. The minimum Gasteiger partial charge on any atom is -0.368 e. The molecule has 6 heteroatoms. The number of aromatic nitrogens is 1. The van der Waals surface area contributed by atoms with Crippen molar-refractivity contribution in [3.05, 3.63) is 42.5 Å². The Balaban J connectivity index is 0.00000210. The fourth-order valence-electron chi connectivity index (χ4n) is 4.07. The standard InChI is InChI=1S/C21H25N3O2.ClH/c1-3-24-18-7-5-4-6-16(18)17-14-15(8-9-19(17)24)23-20(25)21(26-2)10-12-22-13-11-21;/h4-9,14,22H,3,10-13H2,1-2H3,(H,23,25);1H. The van der Waals surface area contributed by atoms with Crippen molar-refractivity contribution >= 4 is 45.8 Å². The Labute approximate surface area is 165 Å². The molecular formula is C21H26ClN3O2. The average Bonchev–Trinajstić information content (AvgIpc) is 3.01. The molecule has 2 N–H and O–H groups in total. The number of nitrogens with zero attached hydrogens (tertiary/aromatic N) is 1. The first-order valence-corrected chi connectivity index (χ1v) is 9.27. The third-order valence-electron chi connectivity index (χ3n) is 5.56. The van der Waals surface area contributed by atoms with E-state index in [4.69, 9.17) is 4.74 Å². The molecule has 0 aliphatic carbocycles. The molecule has 0 atom stereocenters. The van der Waals surface area contributed by atoms with Crippen molar-refractivity contribution in [1.82, 2.24) is 9.88 Å². The summed E-state index contributed by atoms with van der Waals surface area (Å²) in [6.07, 6.45) is 1.37. The second kappa shape index (κ2) is 7.89. The van der Waals surface area contributed by atoms with Gasteiger partial charge in [0.1, 0.15) is 5.60 Å². The van der Waals surface area contributed by atoms with Crippen LogP contribution in [0.15, 0.2) is 42.5 Å². The number of rotatable bonds is 4. The lowest BCUT2D eigenvalue weighted by Crippen LogP contribution is -2.51. The topological polar surface area (TPSA) is 55.3 Å². The van der Waals surface area contributed by atoms with Crippen LogP contribution >= 0.6 is 12.4 Å². The molecule has 144 valence electrons. The van der Waals surface area contributed by atoms with Gasteiger partial charge in [0, 0.05) is 41.1 Å². The van der Waals surface area contributed by atoms with E-state index in [9.17, 15) is 4.79 Å². The molecule has 0 spiro atoms. The predicted octanol–water partition coefficient (Wildman–Crippen LogP) is 3.94. The second-order valence-electron chi connectivity index (χ2n) is 6.90. The van der Waals surface area contributed by atoms with Crippen LogP contribution in [0.5, 0.6) is 0 Å². The van der Waals surface area contributed by atoms with E-state index in [1.165, 1.54) is 16.4 Å². The van der Waals surface area contributed by atoms with Crippen molar-refractivity contribution in [2.45, 2.75) is 31.9 Å². The van der Waals surface area contributed by atoms with Crippen LogP contribution in [0.3, 0.4) is 0 Å². The highest BCUT2D eigenvalue weighted by atomic mass is 35.5. The van der Waals surface area contributed by atoms with Gasteiger partial charge >= 0.3 is 0 Å². The summed E-state index contributed by atoms with van der Waals surface area (Å²) in [6.45, 7) is 4.66. The minimum absolute atomic E-state index is 0. The normalized spacial score (nSPS) is 16.2. The summed E-state index contributed by atoms with van der Waals surface area (Å²) < 4.78 is 7.94. The summed E-state index contributed by atoms with van der Waals surface area (Å²) in [6, 6.07) is 14.6. The number of ether oxygens (including phenoxy) is 1. The maximum atomic E-state index is 12.9. The van der Waals surface area contributed by atoms with E-state index in [0.29, 0.717) is 12.8 Å². The molecule has 1 saturated heterocycles. The van der Waals surface area contributed by atoms with Crippen LogP contribution in [-0.4, -0.2) is 36.3 Å². The van der Waals surface area contributed by atoms with Crippen LogP contribution in [0.2, 0.25) is 0 Å². The molecule has 1 fully saturated rings. The van der Waals surface area contributed by atoms with Gasteiger partial charge in [0.05, 0.1) is 0 Å². The zero-order valence-corrected chi connectivity index (χ0v) is 16.6. The van der Waals surface area contributed by atoms with Crippen molar-refractivity contribution < 1.29 is 9.53 Å². The van der Waals surface area contributed by atoms with Gasteiger partial charge in [-0.05, 0) is 57.1 Å². The molecule has 3 aromatic rings. The fourth-order valence-corrected chi connectivity index (χ4v) is 4.07. The molecule has 27 heavy (non-hydrogen) atoms. The Kier molecular flexibility index (Phi) is 5.75. The van der Waals surface area contributed by atoms with E-state index in [1.54, 1.807) is 7.11 Å². The summed E-state index contributed by atoms with van der Waals surface area (Å²) in [5.41, 5.74) is 2.49. The molecule has 1 aliphatic heterocycles. The first-order chi connectivity index (χ1) is 12.7. The maximum Gasteiger partial charge on any atom is 0.256 e. The number of benzene rings is 2. The fraction of sp³-hybridized carbons (Fsp3) is 0.381. The van der Waals surface area contributed by atoms with Crippen LogP contribution in [0.4, 0.5) is 5.69 Å². The highest BCUT2D eigenvalue weighted by molar-refractivity contribution is 6.10. The molecule has 1 aromatic heterocycles.